The van der Waals surface area contributed by atoms with Crippen LogP contribution in [0.5, 0.6) is 0 Å². The Morgan fingerprint density at radius 3 is 2.25 bits per heavy atom. The predicted molar refractivity (Wildman–Crippen MR) is 69.8 cm³/mol. The first-order valence-corrected chi connectivity index (χ1v) is 7.48. The lowest BCUT2D eigenvalue weighted by Crippen LogP contribution is -2.40. The summed E-state index contributed by atoms with van der Waals surface area (Å²) in [5.74, 6) is -1.25. The smallest absolute Gasteiger partial charge is 0.356 e. The van der Waals surface area contributed by atoms with E-state index >= 15 is 0 Å². The van der Waals surface area contributed by atoms with Crippen molar-refractivity contribution in [3.8, 4) is 0 Å². The van der Waals surface area contributed by atoms with Gasteiger partial charge >= 0.3 is 6.18 Å². The third-order valence-electron chi connectivity index (χ3n) is 4.82. The van der Waals surface area contributed by atoms with Crippen molar-refractivity contribution < 1.29 is 18.0 Å². The van der Waals surface area contributed by atoms with Gasteiger partial charge in [-0.3, -0.25) is 4.79 Å². The van der Waals surface area contributed by atoms with Gasteiger partial charge in [-0.05, 0) is 44.4 Å². The Hall–Kier alpha value is -0.780. The summed E-state index contributed by atoms with van der Waals surface area (Å²) in [4.78, 5) is 12.0. The zero-order valence-electron chi connectivity index (χ0n) is 11.6. The SMILES string of the molecule is NC1CCCC1CNC(=O)C1CCC(C(F)(F)F)CC1. The van der Waals surface area contributed by atoms with Crippen LogP contribution in [0.4, 0.5) is 13.2 Å². The molecule has 2 aliphatic rings. The van der Waals surface area contributed by atoms with E-state index in [1.54, 1.807) is 0 Å². The molecular formula is C14H23F3N2O. The number of amides is 1. The molecule has 6 heteroatoms. The van der Waals surface area contributed by atoms with Gasteiger partial charge in [-0.25, -0.2) is 0 Å². The zero-order chi connectivity index (χ0) is 14.8. The van der Waals surface area contributed by atoms with Crippen molar-refractivity contribution >= 4 is 5.91 Å². The van der Waals surface area contributed by atoms with Crippen LogP contribution in [0.2, 0.25) is 0 Å². The van der Waals surface area contributed by atoms with Crippen LogP contribution in [0, 0.1) is 17.8 Å². The summed E-state index contributed by atoms with van der Waals surface area (Å²) in [5.41, 5.74) is 5.93. The summed E-state index contributed by atoms with van der Waals surface area (Å²) in [6, 6.07) is 0.149. The highest BCUT2D eigenvalue weighted by Crippen LogP contribution is 2.39. The molecule has 0 aromatic carbocycles. The summed E-state index contributed by atoms with van der Waals surface area (Å²) in [6.45, 7) is 0.569. The molecule has 0 radical (unpaired) electrons. The van der Waals surface area contributed by atoms with E-state index in [2.05, 4.69) is 5.32 Å². The van der Waals surface area contributed by atoms with Crippen LogP contribution in [-0.2, 0) is 4.79 Å². The number of halogens is 3. The molecule has 0 heterocycles. The summed E-state index contributed by atoms with van der Waals surface area (Å²) in [7, 11) is 0. The standard InChI is InChI=1S/C14H23F3N2O/c15-14(16,17)11-6-4-9(5-7-11)13(20)19-8-10-2-1-3-12(10)18/h9-12H,1-8,18H2,(H,19,20). The maximum atomic E-state index is 12.6. The lowest BCUT2D eigenvalue weighted by Gasteiger charge is -2.29. The fourth-order valence-corrected chi connectivity index (χ4v) is 3.38. The lowest BCUT2D eigenvalue weighted by molar-refractivity contribution is -0.184. The number of hydrogen-bond donors (Lipinski definition) is 2. The number of alkyl halides is 3. The van der Waals surface area contributed by atoms with Crippen LogP contribution in [0.3, 0.4) is 0 Å². The number of nitrogens with two attached hydrogens (primary N) is 1. The van der Waals surface area contributed by atoms with Crippen molar-refractivity contribution in [2.45, 2.75) is 57.2 Å². The molecule has 0 bridgehead atoms. The normalized spacial score (nSPS) is 35.0. The first kappa shape index (κ1) is 15.6. The quantitative estimate of drug-likeness (QED) is 0.840. The lowest BCUT2D eigenvalue weighted by atomic mass is 9.81. The van der Waals surface area contributed by atoms with Crippen LogP contribution in [-0.4, -0.2) is 24.7 Å². The molecule has 0 aromatic heterocycles. The second-order valence-electron chi connectivity index (χ2n) is 6.19. The Morgan fingerprint density at radius 1 is 1.10 bits per heavy atom. The number of nitrogens with one attached hydrogen (secondary N) is 1. The molecule has 0 aliphatic heterocycles. The molecule has 2 aliphatic carbocycles. The van der Waals surface area contributed by atoms with E-state index in [9.17, 15) is 18.0 Å². The van der Waals surface area contributed by atoms with Crippen molar-refractivity contribution in [3.63, 3.8) is 0 Å². The number of rotatable bonds is 3. The van der Waals surface area contributed by atoms with Crippen LogP contribution < -0.4 is 11.1 Å². The van der Waals surface area contributed by atoms with Gasteiger partial charge in [-0.2, -0.15) is 13.2 Å². The minimum absolute atomic E-state index is 0.0739. The van der Waals surface area contributed by atoms with Crippen LogP contribution in [0.15, 0.2) is 0 Å². The van der Waals surface area contributed by atoms with Gasteiger partial charge in [-0.15, -0.1) is 0 Å². The van der Waals surface area contributed by atoms with Crippen LogP contribution in [0.1, 0.15) is 44.9 Å². The topological polar surface area (TPSA) is 55.1 Å². The third kappa shape index (κ3) is 3.87. The van der Waals surface area contributed by atoms with Crippen molar-refractivity contribution in [2.24, 2.45) is 23.5 Å². The monoisotopic (exact) mass is 292 g/mol. The Balaban J connectivity index is 1.72. The van der Waals surface area contributed by atoms with Crippen molar-refractivity contribution in [2.75, 3.05) is 6.54 Å². The molecule has 0 saturated heterocycles. The zero-order valence-corrected chi connectivity index (χ0v) is 11.6. The molecule has 3 N–H and O–H groups in total. The predicted octanol–water partition coefficient (Wildman–Crippen LogP) is 2.60. The van der Waals surface area contributed by atoms with Gasteiger partial charge in [0.25, 0.3) is 0 Å². The van der Waals surface area contributed by atoms with Crippen molar-refractivity contribution in [1.29, 1.82) is 0 Å². The average Bonchev–Trinajstić information content (AvgIpc) is 2.81. The van der Waals surface area contributed by atoms with Crippen LogP contribution >= 0.6 is 0 Å². The molecule has 2 saturated carbocycles. The van der Waals surface area contributed by atoms with Gasteiger partial charge in [0.1, 0.15) is 0 Å². The highest BCUT2D eigenvalue weighted by molar-refractivity contribution is 5.78. The fourth-order valence-electron chi connectivity index (χ4n) is 3.38. The van der Waals surface area contributed by atoms with E-state index in [1.165, 1.54) is 0 Å². The Kier molecular flexibility index (Phi) is 4.94. The molecule has 3 nitrogen and oxygen atoms in total. The van der Waals surface area contributed by atoms with Gasteiger partial charge in [0, 0.05) is 18.5 Å². The average molecular weight is 292 g/mol. The Bertz CT molecular complexity index is 338. The number of carbonyl (C=O) groups is 1. The Morgan fingerprint density at radius 2 is 1.75 bits per heavy atom. The highest BCUT2D eigenvalue weighted by Gasteiger charge is 2.42. The number of hydrogen-bond acceptors (Lipinski definition) is 2. The second-order valence-corrected chi connectivity index (χ2v) is 6.19. The van der Waals surface area contributed by atoms with E-state index < -0.39 is 12.1 Å². The van der Waals surface area contributed by atoms with Gasteiger partial charge < -0.3 is 11.1 Å². The third-order valence-corrected chi connectivity index (χ3v) is 4.82. The van der Waals surface area contributed by atoms with E-state index in [0.717, 1.165) is 19.3 Å². The molecule has 20 heavy (non-hydrogen) atoms. The largest absolute Gasteiger partial charge is 0.391 e. The fraction of sp³-hybridized carbons (Fsp3) is 0.929. The minimum atomic E-state index is -4.11. The summed E-state index contributed by atoms with van der Waals surface area (Å²) in [6.07, 6.45) is -0.162. The second kappa shape index (κ2) is 6.33. The molecular weight excluding hydrogens is 269 g/mol. The summed E-state index contributed by atoms with van der Waals surface area (Å²) < 4.78 is 37.7. The van der Waals surface area contributed by atoms with Crippen molar-refractivity contribution in [3.05, 3.63) is 0 Å². The molecule has 1 amide bonds. The maximum absolute atomic E-state index is 12.6. The maximum Gasteiger partial charge on any atom is 0.391 e. The van der Waals surface area contributed by atoms with E-state index in [4.69, 9.17) is 5.73 Å². The first-order chi connectivity index (χ1) is 9.38. The van der Waals surface area contributed by atoms with Gasteiger partial charge in [0.15, 0.2) is 0 Å². The van der Waals surface area contributed by atoms with E-state index in [1.807, 2.05) is 0 Å². The Labute approximate surface area is 117 Å². The molecule has 2 unspecified atom stereocenters. The molecule has 2 rings (SSSR count). The van der Waals surface area contributed by atoms with Crippen molar-refractivity contribution in [1.82, 2.24) is 5.32 Å². The van der Waals surface area contributed by atoms with Gasteiger partial charge in [0.2, 0.25) is 5.91 Å². The van der Waals surface area contributed by atoms with E-state index in [0.29, 0.717) is 25.3 Å². The summed E-state index contributed by atoms with van der Waals surface area (Å²) in [5, 5.41) is 2.88. The molecule has 2 atom stereocenters. The number of carbonyl (C=O) groups excluding carboxylic acids is 1. The van der Waals surface area contributed by atoms with Gasteiger partial charge in [0.05, 0.1) is 5.92 Å². The summed E-state index contributed by atoms with van der Waals surface area (Å²) >= 11 is 0. The molecule has 116 valence electrons. The molecule has 0 aromatic rings. The first-order valence-electron chi connectivity index (χ1n) is 7.48. The van der Waals surface area contributed by atoms with Crippen LogP contribution in [0.25, 0.3) is 0 Å². The minimum Gasteiger partial charge on any atom is -0.356 e. The van der Waals surface area contributed by atoms with Gasteiger partial charge in [-0.1, -0.05) is 6.42 Å². The molecule has 0 spiro atoms. The van der Waals surface area contributed by atoms with E-state index in [-0.39, 0.29) is 30.7 Å². The molecule has 2 fully saturated rings. The highest BCUT2D eigenvalue weighted by atomic mass is 19.4.